The monoisotopic (exact) mass is 431 g/mol. The van der Waals surface area contributed by atoms with Crippen molar-refractivity contribution < 1.29 is 27.2 Å². The smallest absolute Gasteiger partial charge is 0.417 e. The highest BCUT2D eigenvalue weighted by Gasteiger charge is 2.32. The van der Waals surface area contributed by atoms with Crippen LogP contribution in [-0.4, -0.2) is 40.4 Å². The molecule has 0 aromatic carbocycles. The molecule has 1 saturated heterocycles. The van der Waals surface area contributed by atoms with Gasteiger partial charge in [-0.1, -0.05) is 11.6 Å². The van der Waals surface area contributed by atoms with Crippen molar-refractivity contribution in [3.8, 4) is 0 Å². The van der Waals surface area contributed by atoms with Gasteiger partial charge < -0.3 is 19.2 Å². The first-order valence-corrected chi connectivity index (χ1v) is 9.11. The van der Waals surface area contributed by atoms with Crippen LogP contribution in [0.1, 0.15) is 28.8 Å². The average molecular weight is 432 g/mol. The van der Waals surface area contributed by atoms with Crippen molar-refractivity contribution in [3.63, 3.8) is 0 Å². The molecule has 0 spiro atoms. The van der Waals surface area contributed by atoms with E-state index in [-0.39, 0.29) is 11.9 Å². The number of hydrogen-bond donors (Lipinski definition) is 1. The van der Waals surface area contributed by atoms with Crippen molar-refractivity contribution in [1.29, 1.82) is 0 Å². The van der Waals surface area contributed by atoms with Gasteiger partial charge in [0.05, 0.1) is 17.4 Å². The predicted octanol–water partition coefficient (Wildman–Crippen LogP) is 2.53. The predicted molar refractivity (Wildman–Crippen MR) is 96.5 cm³/mol. The molecule has 2 amide bonds. The summed E-state index contributed by atoms with van der Waals surface area (Å²) in [5.74, 6) is -0.782. The SMILES string of the molecule is O=C(Cn1cc(C(F)(F)F)cc(Cl)c1=O)NC1CCN(C(=O)c2ccoc2)CC1. The number of carbonyl (C=O) groups excluding carboxylic acids is 2. The number of nitrogens with one attached hydrogen (secondary N) is 1. The molecule has 0 saturated carbocycles. The summed E-state index contributed by atoms with van der Waals surface area (Å²) in [6.45, 7) is 0.227. The molecule has 0 radical (unpaired) electrons. The molecule has 0 bridgehead atoms. The lowest BCUT2D eigenvalue weighted by Gasteiger charge is -2.32. The molecule has 1 aliphatic rings. The summed E-state index contributed by atoms with van der Waals surface area (Å²) in [5, 5.41) is 2.07. The Balaban J connectivity index is 1.58. The van der Waals surface area contributed by atoms with Gasteiger partial charge in [-0.25, -0.2) is 0 Å². The van der Waals surface area contributed by atoms with Gasteiger partial charge in [-0.3, -0.25) is 14.4 Å². The summed E-state index contributed by atoms with van der Waals surface area (Å²) >= 11 is 5.58. The number of alkyl halides is 3. The maximum absolute atomic E-state index is 12.9. The lowest BCUT2D eigenvalue weighted by molar-refractivity contribution is -0.138. The van der Waals surface area contributed by atoms with Gasteiger partial charge in [0.15, 0.2) is 0 Å². The van der Waals surface area contributed by atoms with Crippen molar-refractivity contribution in [1.82, 2.24) is 14.8 Å². The van der Waals surface area contributed by atoms with Crippen molar-refractivity contribution in [2.24, 2.45) is 0 Å². The molecule has 1 fully saturated rings. The normalized spacial score (nSPS) is 15.4. The van der Waals surface area contributed by atoms with Crippen molar-refractivity contribution in [2.75, 3.05) is 13.1 Å². The number of pyridine rings is 1. The van der Waals surface area contributed by atoms with E-state index in [4.69, 9.17) is 16.0 Å². The van der Waals surface area contributed by atoms with E-state index in [1.807, 2.05) is 0 Å². The van der Waals surface area contributed by atoms with Crippen molar-refractivity contribution in [3.05, 3.63) is 57.4 Å². The van der Waals surface area contributed by atoms with E-state index in [0.717, 1.165) is 0 Å². The van der Waals surface area contributed by atoms with E-state index in [9.17, 15) is 27.6 Å². The summed E-state index contributed by atoms with van der Waals surface area (Å²) in [7, 11) is 0. The van der Waals surface area contributed by atoms with Crippen LogP contribution in [0.25, 0.3) is 0 Å². The second-order valence-corrected chi connectivity index (χ2v) is 7.06. The standard InChI is InChI=1S/C18H17ClF3N3O4/c19-14-7-12(18(20,21)22)8-25(17(14)28)9-15(26)23-13-1-4-24(5-2-13)16(27)11-3-6-29-10-11/h3,6-8,10,13H,1-2,4-5,9H2,(H,23,26). The number of furan rings is 1. The number of carbonyl (C=O) groups is 2. The largest absolute Gasteiger partial charge is 0.472 e. The van der Waals surface area contributed by atoms with Crippen LogP contribution in [-0.2, 0) is 17.5 Å². The van der Waals surface area contributed by atoms with Gasteiger partial charge >= 0.3 is 6.18 Å². The van der Waals surface area contributed by atoms with Gasteiger partial charge in [-0.05, 0) is 25.0 Å². The number of likely N-dealkylation sites (tertiary alicyclic amines) is 1. The summed E-state index contributed by atoms with van der Waals surface area (Å²) < 4.78 is 44.2. The fourth-order valence-electron chi connectivity index (χ4n) is 3.10. The Morgan fingerprint density at radius 3 is 2.55 bits per heavy atom. The first kappa shape index (κ1) is 21.0. The van der Waals surface area contributed by atoms with Crippen LogP contribution in [0.5, 0.6) is 0 Å². The number of piperidine rings is 1. The third-order valence-corrected chi connectivity index (χ3v) is 4.87. The van der Waals surface area contributed by atoms with Crippen LogP contribution in [0.4, 0.5) is 13.2 Å². The molecule has 3 rings (SSSR count). The van der Waals surface area contributed by atoms with E-state index in [1.165, 1.54) is 12.5 Å². The molecule has 0 atom stereocenters. The minimum absolute atomic E-state index is 0.173. The third kappa shape index (κ3) is 5.00. The zero-order valence-corrected chi connectivity index (χ0v) is 15.8. The average Bonchev–Trinajstić information content (AvgIpc) is 3.19. The molecule has 0 aliphatic carbocycles. The highest BCUT2D eigenvalue weighted by Crippen LogP contribution is 2.29. The summed E-state index contributed by atoms with van der Waals surface area (Å²) in [6, 6.07) is 1.84. The maximum atomic E-state index is 12.9. The zero-order valence-electron chi connectivity index (χ0n) is 15.0. The molecule has 3 heterocycles. The molecule has 11 heteroatoms. The maximum Gasteiger partial charge on any atom is 0.417 e. The van der Waals surface area contributed by atoms with Crippen LogP contribution in [0.3, 0.4) is 0 Å². The van der Waals surface area contributed by atoms with Crippen LogP contribution < -0.4 is 10.9 Å². The lowest BCUT2D eigenvalue weighted by atomic mass is 10.0. The first-order valence-electron chi connectivity index (χ1n) is 8.73. The minimum atomic E-state index is -4.69. The fourth-order valence-corrected chi connectivity index (χ4v) is 3.32. The van der Waals surface area contributed by atoms with Gasteiger partial charge in [0.25, 0.3) is 11.5 Å². The Kier molecular flexibility index (Phi) is 6.02. The Bertz CT molecular complexity index is 948. The van der Waals surface area contributed by atoms with E-state index in [0.29, 0.717) is 48.3 Å². The number of halogens is 4. The lowest BCUT2D eigenvalue weighted by Crippen LogP contribution is -2.47. The Labute approximate surface area is 168 Å². The molecule has 0 unspecified atom stereocenters. The third-order valence-electron chi connectivity index (χ3n) is 4.60. The number of amides is 2. The fraction of sp³-hybridized carbons (Fsp3) is 0.389. The van der Waals surface area contributed by atoms with Gasteiger partial charge in [0.1, 0.15) is 17.8 Å². The van der Waals surface area contributed by atoms with Crippen LogP contribution in [0, 0.1) is 0 Å². The molecule has 2 aromatic rings. The number of rotatable bonds is 4. The topological polar surface area (TPSA) is 84.5 Å². The molecular formula is C18H17ClF3N3O4. The Morgan fingerprint density at radius 1 is 1.28 bits per heavy atom. The second-order valence-electron chi connectivity index (χ2n) is 6.65. The summed E-state index contributed by atoms with van der Waals surface area (Å²) in [4.78, 5) is 38.0. The van der Waals surface area contributed by atoms with Crippen molar-refractivity contribution in [2.45, 2.75) is 31.6 Å². The highest BCUT2D eigenvalue weighted by molar-refractivity contribution is 6.30. The summed E-state index contributed by atoms with van der Waals surface area (Å²) in [5.41, 5.74) is -1.55. The quantitative estimate of drug-likeness (QED) is 0.806. The number of nitrogens with zero attached hydrogens (tertiary/aromatic N) is 2. The van der Waals surface area contributed by atoms with Gasteiger partial charge in [-0.15, -0.1) is 0 Å². The van der Waals surface area contributed by atoms with E-state index < -0.39 is 34.8 Å². The van der Waals surface area contributed by atoms with Gasteiger partial charge in [0, 0.05) is 25.3 Å². The van der Waals surface area contributed by atoms with Crippen molar-refractivity contribution >= 4 is 23.4 Å². The highest BCUT2D eigenvalue weighted by atomic mass is 35.5. The molecule has 1 N–H and O–H groups in total. The summed E-state index contributed by atoms with van der Waals surface area (Å²) in [6.07, 6.45) is -0.401. The molecule has 156 valence electrons. The van der Waals surface area contributed by atoms with Crippen LogP contribution in [0.2, 0.25) is 5.02 Å². The van der Waals surface area contributed by atoms with E-state index in [1.54, 1.807) is 11.0 Å². The Hall–Kier alpha value is -2.75. The van der Waals surface area contributed by atoms with E-state index in [2.05, 4.69) is 5.32 Å². The van der Waals surface area contributed by atoms with Gasteiger partial charge in [-0.2, -0.15) is 13.2 Å². The first-order chi connectivity index (χ1) is 13.6. The molecular weight excluding hydrogens is 415 g/mol. The van der Waals surface area contributed by atoms with Crippen LogP contribution in [0.15, 0.2) is 40.1 Å². The van der Waals surface area contributed by atoms with Gasteiger partial charge in [0.2, 0.25) is 5.91 Å². The molecule has 1 aliphatic heterocycles. The zero-order chi connectivity index (χ0) is 21.2. The molecule has 7 nitrogen and oxygen atoms in total. The second kappa shape index (κ2) is 8.32. The molecule has 29 heavy (non-hydrogen) atoms. The number of hydrogen-bond acceptors (Lipinski definition) is 4. The Morgan fingerprint density at radius 2 is 1.97 bits per heavy atom. The van der Waals surface area contributed by atoms with Crippen LogP contribution >= 0.6 is 11.6 Å². The van der Waals surface area contributed by atoms with E-state index >= 15 is 0 Å². The minimum Gasteiger partial charge on any atom is -0.472 e. The number of aromatic nitrogens is 1. The molecule has 2 aromatic heterocycles.